The zero-order chi connectivity index (χ0) is 9.68. The molecule has 0 fully saturated rings. The molecule has 0 aliphatic carbocycles. The number of benzene rings is 1. The largest absolute Gasteiger partial charge is 0.372 e. The van der Waals surface area contributed by atoms with E-state index in [1.807, 2.05) is 18.2 Å². The van der Waals surface area contributed by atoms with Crippen LogP contribution in [0.5, 0.6) is 0 Å². The normalized spacial score (nSPS) is 9.31. The summed E-state index contributed by atoms with van der Waals surface area (Å²) in [5, 5.41) is 0. The van der Waals surface area contributed by atoms with Gasteiger partial charge in [-0.1, -0.05) is 12.0 Å². The van der Waals surface area contributed by atoms with E-state index in [0.717, 1.165) is 18.7 Å². The van der Waals surface area contributed by atoms with Crippen molar-refractivity contribution in [3.8, 4) is 12.3 Å². The highest BCUT2D eigenvalue weighted by Crippen LogP contribution is 2.14. The quantitative estimate of drug-likeness (QED) is 0.635. The first-order valence-electron chi connectivity index (χ1n) is 4.63. The van der Waals surface area contributed by atoms with E-state index >= 15 is 0 Å². The Bertz CT molecular complexity index is 305. The van der Waals surface area contributed by atoms with Crippen molar-refractivity contribution in [1.82, 2.24) is 0 Å². The SMILES string of the molecule is C#Cc1cccc(N(CC)CC)c1. The lowest BCUT2D eigenvalue weighted by atomic mass is 10.2. The highest BCUT2D eigenvalue weighted by Gasteiger charge is 2.00. The molecule has 0 N–H and O–H groups in total. The van der Waals surface area contributed by atoms with Gasteiger partial charge in [0.05, 0.1) is 0 Å². The molecule has 1 heteroatoms. The Morgan fingerprint density at radius 2 is 2.00 bits per heavy atom. The Labute approximate surface area is 80.4 Å². The molecular formula is C12H15N. The molecule has 0 radical (unpaired) electrons. The molecule has 0 atom stereocenters. The summed E-state index contributed by atoms with van der Waals surface area (Å²) in [7, 11) is 0. The number of rotatable bonds is 3. The molecule has 0 amide bonds. The van der Waals surface area contributed by atoms with Crippen molar-refractivity contribution in [3.63, 3.8) is 0 Å². The van der Waals surface area contributed by atoms with Crippen molar-refractivity contribution in [2.75, 3.05) is 18.0 Å². The van der Waals surface area contributed by atoms with Crippen LogP contribution in [0.25, 0.3) is 0 Å². The van der Waals surface area contributed by atoms with Gasteiger partial charge < -0.3 is 4.90 Å². The van der Waals surface area contributed by atoms with Gasteiger partial charge in [-0.15, -0.1) is 6.42 Å². The number of nitrogens with zero attached hydrogens (tertiary/aromatic N) is 1. The number of hydrogen-bond acceptors (Lipinski definition) is 1. The van der Waals surface area contributed by atoms with Crippen molar-refractivity contribution >= 4 is 5.69 Å². The van der Waals surface area contributed by atoms with Gasteiger partial charge in [0.1, 0.15) is 0 Å². The highest BCUT2D eigenvalue weighted by atomic mass is 15.1. The van der Waals surface area contributed by atoms with Gasteiger partial charge in [0, 0.05) is 24.3 Å². The molecule has 0 unspecified atom stereocenters. The van der Waals surface area contributed by atoms with E-state index in [1.54, 1.807) is 0 Å². The molecule has 0 saturated carbocycles. The third kappa shape index (κ3) is 2.26. The molecule has 1 nitrogen and oxygen atoms in total. The Kier molecular flexibility index (Phi) is 3.40. The van der Waals surface area contributed by atoms with Crippen LogP contribution in [0, 0.1) is 12.3 Å². The minimum atomic E-state index is 0.949. The number of terminal acetylenes is 1. The first-order valence-corrected chi connectivity index (χ1v) is 4.63. The van der Waals surface area contributed by atoms with Gasteiger partial charge in [0.15, 0.2) is 0 Å². The third-order valence-electron chi connectivity index (χ3n) is 2.14. The van der Waals surface area contributed by atoms with E-state index in [4.69, 9.17) is 6.42 Å². The maximum atomic E-state index is 5.33. The molecular weight excluding hydrogens is 158 g/mol. The second kappa shape index (κ2) is 4.57. The lowest BCUT2D eigenvalue weighted by Crippen LogP contribution is -2.21. The minimum Gasteiger partial charge on any atom is -0.372 e. The average molecular weight is 173 g/mol. The van der Waals surface area contributed by atoms with Crippen LogP contribution in [0.2, 0.25) is 0 Å². The van der Waals surface area contributed by atoms with E-state index in [9.17, 15) is 0 Å². The van der Waals surface area contributed by atoms with Gasteiger partial charge >= 0.3 is 0 Å². The number of hydrogen-bond donors (Lipinski definition) is 0. The predicted molar refractivity (Wildman–Crippen MR) is 57.9 cm³/mol. The van der Waals surface area contributed by atoms with Crippen molar-refractivity contribution in [1.29, 1.82) is 0 Å². The maximum Gasteiger partial charge on any atom is 0.0378 e. The summed E-state index contributed by atoms with van der Waals surface area (Å²) in [4.78, 5) is 2.28. The molecule has 68 valence electrons. The second-order valence-electron chi connectivity index (χ2n) is 2.87. The fraction of sp³-hybridized carbons (Fsp3) is 0.333. The van der Waals surface area contributed by atoms with E-state index < -0.39 is 0 Å². The molecule has 1 aromatic carbocycles. The Morgan fingerprint density at radius 1 is 1.31 bits per heavy atom. The molecule has 1 aromatic rings. The Morgan fingerprint density at radius 3 is 2.54 bits per heavy atom. The van der Waals surface area contributed by atoms with E-state index in [2.05, 4.69) is 30.7 Å². The molecule has 0 aliphatic rings. The molecule has 0 aliphatic heterocycles. The van der Waals surface area contributed by atoms with E-state index in [-0.39, 0.29) is 0 Å². The molecule has 0 spiro atoms. The Balaban J connectivity index is 2.94. The summed E-state index contributed by atoms with van der Waals surface area (Å²) in [6, 6.07) is 8.09. The fourth-order valence-corrected chi connectivity index (χ4v) is 1.38. The molecule has 1 rings (SSSR count). The summed E-state index contributed by atoms with van der Waals surface area (Å²) in [6.07, 6.45) is 5.33. The van der Waals surface area contributed by atoms with Gasteiger partial charge in [-0.05, 0) is 32.0 Å². The zero-order valence-electron chi connectivity index (χ0n) is 8.25. The first-order chi connectivity index (χ1) is 6.31. The molecule has 0 aromatic heterocycles. The van der Waals surface area contributed by atoms with Gasteiger partial charge in [0.25, 0.3) is 0 Å². The van der Waals surface area contributed by atoms with Crippen LogP contribution >= 0.6 is 0 Å². The van der Waals surface area contributed by atoms with Crippen molar-refractivity contribution in [2.45, 2.75) is 13.8 Å². The van der Waals surface area contributed by atoms with Gasteiger partial charge in [-0.2, -0.15) is 0 Å². The predicted octanol–water partition coefficient (Wildman–Crippen LogP) is 2.51. The summed E-state index contributed by atoms with van der Waals surface area (Å²) in [5.41, 5.74) is 2.16. The molecule has 13 heavy (non-hydrogen) atoms. The van der Waals surface area contributed by atoms with Gasteiger partial charge in [-0.3, -0.25) is 0 Å². The summed E-state index contributed by atoms with van der Waals surface area (Å²) < 4.78 is 0. The van der Waals surface area contributed by atoms with Gasteiger partial charge in [-0.25, -0.2) is 0 Å². The zero-order valence-corrected chi connectivity index (χ0v) is 8.25. The summed E-state index contributed by atoms with van der Waals surface area (Å²) >= 11 is 0. The average Bonchev–Trinajstić information content (AvgIpc) is 2.20. The Hall–Kier alpha value is -1.42. The molecule has 0 saturated heterocycles. The van der Waals surface area contributed by atoms with Crippen LogP contribution in [-0.2, 0) is 0 Å². The van der Waals surface area contributed by atoms with Crippen molar-refractivity contribution in [2.24, 2.45) is 0 Å². The third-order valence-corrected chi connectivity index (χ3v) is 2.14. The van der Waals surface area contributed by atoms with Crippen LogP contribution in [-0.4, -0.2) is 13.1 Å². The lowest BCUT2D eigenvalue weighted by Gasteiger charge is -2.20. The van der Waals surface area contributed by atoms with Crippen molar-refractivity contribution < 1.29 is 0 Å². The fourth-order valence-electron chi connectivity index (χ4n) is 1.38. The van der Waals surface area contributed by atoms with Crippen LogP contribution in [0.15, 0.2) is 24.3 Å². The maximum absolute atomic E-state index is 5.33. The second-order valence-corrected chi connectivity index (χ2v) is 2.87. The van der Waals surface area contributed by atoms with Gasteiger partial charge in [0.2, 0.25) is 0 Å². The van der Waals surface area contributed by atoms with Crippen LogP contribution < -0.4 is 4.90 Å². The van der Waals surface area contributed by atoms with Crippen LogP contribution in [0.3, 0.4) is 0 Å². The van der Waals surface area contributed by atoms with E-state index in [0.29, 0.717) is 0 Å². The van der Waals surface area contributed by atoms with E-state index in [1.165, 1.54) is 5.69 Å². The first kappa shape index (κ1) is 9.67. The number of anilines is 1. The lowest BCUT2D eigenvalue weighted by molar-refractivity contribution is 0.866. The van der Waals surface area contributed by atoms with Crippen molar-refractivity contribution in [3.05, 3.63) is 29.8 Å². The standard InChI is InChI=1S/C12H15N/c1-4-11-8-7-9-12(10-11)13(5-2)6-3/h1,7-10H,5-6H2,2-3H3. The smallest absolute Gasteiger partial charge is 0.0378 e. The molecule has 0 heterocycles. The van der Waals surface area contributed by atoms with Crippen LogP contribution in [0.1, 0.15) is 19.4 Å². The summed E-state index contributed by atoms with van der Waals surface area (Å²) in [6.45, 7) is 6.33. The topological polar surface area (TPSA) is 3.24 Å². The van der Waals surface area contributed by atoms with Crippen LogP contribution in [0.4, 0.5) is 5.69 Å². The summed E-state index contributed by atoms with van der Waals surface area (Å²) in [5.74, 6) is 2.64. The minimum absolute atomic E-state index is 0.949. The highest BCUT2D eigenvalue weighted by molar-refractivity contribution is 5.51. The monoisotopic (exact) mass is 173 g/mol. The molecule has 0 bridgehead atoms.